The second-order valence-corrected chi connectivity index (χ2v) is 3.06. The minimum Gasteiger partial charge on any atom is -0.103 e. The van der Waals surface area contributed by atoms with Gasteiger partial charge in [0, 0.05) is 0 Å². The monoisotopic (exact) mass is 216 g/mol. The number of hydrogen-bond acceptors (Lipinski definition) is 0. The van der Waals surface area contributed by atoms with Crippen LogP contribution in [-0.2, 0) is 0 Å². The third-order valence-corrected chi connectivity index (χ3v) is 1.63. The molecule has 0 aromatic heterocycles. The average Bonchev–Trinajstić information content (AvgIpc) is 2.27. The first-order valence-corrected chi connectivity index (χ1v) is 5.52. The van der Waals surface area contributed by atoms with Gasteiger partial charge in [0.1, 0.15) is 0 Å². The smallest absolute Gasteiger partial charge is 0.0236 e. The van der Waals surface area contributed by atoms with Crippen molar-refractivity contribution >= 4 is 0 Å². The van der Waals surface area contributed by atoms with Crippen LogP contribution < -0.4 is 0 Å². The Kier molecular flexibility index (Phi) is 14.2. The molecule has 0 amide bonds. The molecule has 0 saturated heterocycles. The van der Waals surface area contributed by atoms with Crippen LogP contribution in [0.1, 0.15) is 27.7 Å². The summed E-state index contributed by atoms with van der Waals surface area (Å²) in [6, 6.07) is 0. The van der Waals surface area contributed by atoms with E-state index in [9.17, 15) is 0 Å². The van der Waals surface area contributed by atoms with Crippen molar-refractivity contribution in [2.45, 2.75) is 27.7 Å². The average molecular weight is 216 g/mol. The maximum atomic E-state index is 3.98. The van der Waals surface area contributed by atoms with Crippen LogP contribution in [-0.4, -0.2) is 0 Å². The van der Waals surface area contributed by atoms with Crippen LogP contribution in [0.25, 0.3) is 0 Å². The molecule has 0 spiro atoms. The van der Waals surface area contributed by atoms with Crippen LogP contribution in [0.3, 0.4) is 0 Å². The molecule has 0 rings (SSSR count). The first kappa shape index (κ1) is 16.9. The van der Waals surface area contributed by atoms with Gasteiger partial charge in [0.15, 0.2) is 0 Å². The summed E-state index contributed by atoms with van der Waals surface area (Å²) in [7, 11) is 0. The van der Waals surface area contributed by atoms with E-state index in [1.54, 1.807) is 6.08 Å². The largest absolute Gasteiger partial charge is 0.103 e. The summed E-state index contributed by atoms with van der Waals surface area (Å²) in [4.78, 5) is 0. The Morgan fingerprint density at radius 1 is 0.875 bits per heavy atom. The topological polar surface area (TPSA) is 0 Å². The highest BCUT2D eigenvalue weighted by molar-refractivity contribution is 5.44. The molecule has 0 bridgehead atoms. The molecule has 0 nitrogen and oxygen atoms in total. The molecule has 0 N–H and O–H groups in total. The highest BCUT2D eigenvalue weighted by Crippen LogP contribution is 2.10. The molecule has 0 heterocycles. The van der Waals surface area contributed by atoms with Crippen molar-refractivity contribution in [2.24, 2.45) is 0 Å². The van der Waals surface area contributed by atoms with E-state index >= 15 is 0 Å². The van der Waals surface area contributed by atoms with Crippen molar-refractivity contribution in [3.8, 4) is 0 Å². The minimum absolute atomic E-state index is 1.04. The normalized spacial score (nSPS) is 11.9. The highest BCUT2D eigenvalue weighted by atomic mass is 14.0. The van der Waals surface area contributed by atoms with Gasteiger partial charge in [-0.1, -0.05) is 55.2 Å². The molecule has 0 aromatic rings. The first-order chi connectivity index (χ1) is 7.67. The molecule has 0 heteroatoms. The molecular formula is C16H24. The summed E-state index contributed by atoms with van der Waals surface area (Å²) in [6.45, 7) is 15.2. The van der Waals surface area contributed by atoms with Crippen molar-refractivity contribution in [3.05, 3.63) is 72.9 Å². The van der Waals surface area contributed by atoms with E-state index in [-0.39, 0.29) is 0 Å². The Balaban J connectivity index is 0. The Morgan fingerprint density at radius 2 is 1.44 bits per heavy atom. The molecule has 0 aromatic carbocycles. The first-order valence-electron chi connectivity index (χ1n) is 5.52. The van der Waals surface area contributed by atoms with E-state index in [4.69, 9.17) is 0 Å². The van der Waals surface area contributed by atoms with E-state index in [1.165, 1.54) is 5.57 Å². The van der Waals surface area contributed by atoms with Gasteiger partial charge in [-0.15, -0.1) is 6.58 Å². The fraction of sp³-hybridized carbons (Fsp3) is 0.250. The minimum atomic E-state index is 1.04. The summed E-state index contributed by atoms with van der Waals surface area (Å²) in [5.41, 5.74) is 2.21. The molecule has 0 aliphatic heterocycles. The maximum Gasteiger partial charge on any atom is -0.0236 e. The lowest BCUT2D eigenvalue weighted by atomic mass is 10.1. The van der Waals surface area contributed by atoms with Crippen molar-refractivity contribution < 1.29 is 0 Å². The predicted octanol–water partition coefficient (Wildman–Crippen LogP) is 5.39. The fourth-order valence-electron chi connectivity index (χ4n) is 0.947. The summed E-state index contributed by atoms with van der Waals surface area (Å²) < 4.78 is 0. The molecule has 0 radical (unpaired) electrons. The van der Waals surface area contributed by atoms with Crippen molar-refractivity contribution in [1.29, 1.82) is 0 Å². The standard InChI is InChI=1S/C13H18.C3H6/c1-5-8-9-11-12(4)13(7-3)10-6-2;1-3-2/h5-11H,4H2,1-3H3;3H,1H2,2H3/b8-5-,10-6-,11-9-,13-7+;. The van der Waals surface area contributed by atoms with E-state index < -0.39 is 0 Å². The summed E-state index contributed by atoms with van der Waals surface area (Å²) in [5, 5.41) is 0. The van der Waals surface area contributed by atoms with Gasteiger partial charge in [-0.25, -0.2) is 0 Å². The maximum absolute atomic E-state index is 3.98. The van der Waals surface area contributed by atoms with E-state index in [1.807, 2.05) is 58.1 Å². The van der Waals surface area contributed by atoms with Crippen LogP contribution >= 0.6 is 0 Å². The summed E-state index contributed by atoms with van der Waals surface area (Å²) >= 11 is 0. The molecule has 0 aliphatic rings. The van der Waals surface area contributed by atoms with Crippen molar-refractivity contribution in [2.75, 3.05) is 0 Å². The molecule has 0 atom stereocenters. The van der Waals surface area contributed by atoms with Gasteiger partial charge in [-0.05, 0) is 38.8 Å². The zero-order chi connectivity index (χ0) is 12.8. The molecule has 0 fully saturated rings. The number of allylic oxidation sites excluding steroid dienone is 10. The molecule has 0 unspecified atom stereocenters. The second-order valence-electron chi connectivity index (χ2n) is 3.06. The lowest BCUT2D eigenvalue weighted by Crippen LogP contribution is -1.78. The van der Waals surface area contributed by atoms with Crippen LogP contribution in [0.15, 0.2) is 72.9 Å². The quantitative estimate of drug-likeness (QED) is 0.436. The van der Waals surface area contributed by atoms with E-state index in [2.05, 4.69) is 25.3 Å². The summed E-state index contributed by atoms with van der Waals surface area (Å²) in [6.07, 6.45) is 15.9. The third-order valence-electron chi connectivity index (χ3n) is 1.63. The molecule has 0 aliphatic carbocycles. The SMILES string of the molecule is C=C(/C=C\C=C/C)C(/C=C\C)=C/C.C=CC. The van der Waals surface area contributed by atoms with Gasteiger partial charge >= 0.3 is 0 Å². The van der Waals surface area contributed by atoms with Gasteiger partial charge in [0.2, 0.25) is 0 Å². The van der Waals surface area contributed by atoms with Gasteiger partial charge in [-0.2, -0.15) is 0 Å². The van der Waals surface area contributed by atoms with Gasteiger partial charge in [0.25, 0.3) is 0 Å². The van der Waals surface area contributed by atoms with Crippen molar-refractivity contribution in [3.63, 3.8) is 0 Å². The van der Waals surface area contributed by atoms with E-state index in [0.717, 1.165) is 5.57 Å². The Hall–Kier alpha value is -1.56. The van der Waals surface area contributed by atoms with Gasteiger partial charge in [0.05, 0.1) is 0 Å². The summed E-state index contributed by atoms with van der Waals surface area (Å²) in [5.74, 6) is 0. The molecule has 16 heavy (non-hydrogen) atoms. The van der Waals surface area contributed by atoms with Crippen LogP contribution in [0.5, 0.6) is 0 Å². The third kappa shape index (κ3) is 10.5. The number of rotatable bonds is 4. The van der Waals surface area contributed by atoms with E-state index in [0.29, 0.717) is 0 Å². The molecule has 88 valence electrons. The lowest BCUT2D eigenvalue weighted by Gasteiger charge is -1.98. The second kappa shape index (κ2) is 13.4. The zero-order valence-corrected chi connectivity index (χ0v) is 11.0. The Bertz CT molecular complexity index is 296. The van der Waals surface area contributed by atoms with Crippen LogP contribution in [0.4, 0.5) is 0 Å². The van der Waals surface area contributed by atoms with Crippen molar-refractivity contribution in [1.82, 2.24) is 0 Å². The van der Waals surface area contributed by atoms with Crippen LogP contribution in [0, 0.1) is 0 Å². The fourth-order valence-corrected chi connectivity index (χ4v) is 0.947. The number of hydrogen-bond donors (Lipinski definition) is 0. The molecule has 0 saturated carbocycles. The van der Waals surface area contributed by atoms with Crippen LogP contribution in [0.2, 0.25) is 0 Å². The van der Waals surface area contributed by atoms with Gasteiger partial charge in [-0.3, -0.25) is 0 Å². The zero-order valence-electron chi connectivity index (χ0n) is 11.0. The highest BCUT2D eigenvalue weighted by Gasteiger charge is 1.90. The Morgan fingerprint density at radius 3 is 1.81 bits per heavy atom. The lowest BCUT2D eigenvalue weighted by molar-refractivity contribution is 1.50. The predicted molar refractivity (Wildman–Crippen MR) is 77.5 cm³/mol. The van der Waals surface area contributed by atoms with Gasteiger partial charge < -0.3 is 0 Å². The Labute approximate surface area is 101 Å². The molecular weight excluding hydrogens is 192 g/mol.